The fraction of sp³-hybridized carbons (Fsp3) is 0.625. The van der Waals surface area contributed by atoms with E-state index in [2.05, 4.69) is 12.2 Å². The zero-order valence-corrected chi connectivity index (χ0v) is 11.9. The molecule has 1 aliphatic rings. The van der Waals surface area contributed by atoms with Gasteiger partial charge in [-0.2, -0.15) is 0 Å². The topological polar surface area (TPSA) is 21.3 Å². The molecule has 2 nitrogen and oxygen atoms in total. The number of rotatable bonds is 5. The SMILES string of the molecule is CNCc1ccc(F)c(COC2CCCC(C)C2)c1. The third-order valence-electron chi connectivity index (χ3n) is 3.85. The summed E-state index contributed by atoms with van der Waals surface area (Å²) in [4.78, 5) is 0. The summed E-state index contributed by atoms with van der Waals surface area (Å²) in [5.74, 6) is 0.572. The monoisotopic (exact) mass is 265 g/mol. The lowest BCUT2D eigenvalue weighted by molar-refractivity contribution is 0.00350. The van der Waals surface area contributed by atoms with Crippen LogP contribution in [0.2, 0.25) is 0 Å². The van der Waals surface area contributed by atoms with Crippen molar-refractivity contribution in [2.24, 2.45) is 5.92 Å². The van der Waals surface area contributed by atoms with Crippen molar-refractivity contribution in [3.63, 3.8) is 0 Å². The van der Waals surface area contributed by atoms with Crippen LogP contribution in [0.15, 0.2) is 18.2 Å². The molecule has 0 bridgehead atoms. The molecule has 0 aliphatic heterocycles. The molecule has 1 N–H and O–H groups in total. The highest BCUT2D eigenvalue weighted by atomic mass is 19.1. The summed E-state index contributed by atoms with van der Waals surface area (Å²) in [7, 11) is 1.89. The summed E-state index contributed by atoms with van der Waals surface area (Å²) in [6.07, 6.45) is 5.05. The molecule has 2 unspecified atom stereocenters. The maximum atomic E-state index is 13.7. The zero-order chi connectivity index (χ0) is 13.7. The van der Waals surface area contributed by atoms with E-state index in [9.17, 15) is 4.39 Å². The maximum absolute atomic E-state index is 13.7. The average Bonchev–Trinajstić information content (AvgIpc) is 2.40. The first-order chi connectivity index (χ1) is 9.19. The van der Waals surface area contributed by atoms with Gasteiger partial charge in [-0.1, -0.05) is 25.8 Å². The summed E-state index contributed by atoms with van der Waals surface area (Å²) in [5.41, 5.74) is 1.77. The van der Waals surface area contributed by atoms with E-state index >= 15 is 0 Å². The summed E-state index contributed by atoms with van der Waals surface area (Å²) in [6.45, 7) is 3.41. The normalized spacial score (nSPS) is 23.5. The molecule has 0 spiro atoms. The smallest absolute Gasteiger partial charge is 0.128 e. The molecule has 19 heavy (non-hydrogen) atoms. The minimum atomic E-state index is -0.163. The molecule has 1 aliphatic carbocycles. The van der Waals surface area contributed by atoms with E-state index in [0.29, 0.717) is 18.3 Å². The minimum absolute atomic E-state index is 0.163. The molecule has 0 saturated heterocycles. The molecule has 1 aromatic rings. The Morgan fingerprint density at radius 1 is 1.37 bits per heavy atom. The molecule has 2 atom stereocenters. The van der Waals surface area contributed by atoms with E-state index in [4.69, 9.17) is 4.74 Å². The highest BCUT2D eigenvalue weighted by molar-refractivity contribution is 5.24. The van der Waals surface area contributed by atoms with E-state index in [1.54, 1.807) is 0 Å². The molecule has 0 radical (unpaired) electrons. The lowest BCUT2D eigenvalue weighted by atomic mass is 9.89. The van der Waals surface area contributed by atoms with E-state index in [1.165, 1.54) is 18.9 Å². The summed E-state index contributed by atoms with van der Waals surface area (Å²) < 4.78 is 19.6. The number of halogens is 1. The van der Waals surface area contributed by atoms with Crippen LogP contribution in [0.3, 0.4) is 0 Å². The third-order valence-corrected chi connectivity index (χ3v) is 3.85. The molecule has 1 fully saturated rings. The van der Waals surface area contributed by atoms with E-state index in [-0.39, 0.29) is 5.82 Å². The second kappa shape index (κ2) is 7.01. The van der Waals surface area contributed by atoms with Crippen LogP contribution in [0.1, 0.15) is 43.7 Å². The number of hydrogen-bond acceptors (Lipinski definition) is 2. The molecule has 1 aromatic carbocycles. The molecule has 106 valence electrons. The first-order valence-electron chi connectivity index (χ1n) is 7.22. The number of benzene rings is 1. The minimum Gasteiger partial charge on any atom is -0.373 e. The quantitative estimate of drug-likeness (QED) is 0.877. The Morgan fingerprint density at radius 2 is 2.21 bits per heavy atom. The largest absolute Gasteiger partial charge is 0.373 e. The fourth-order valence-corrected chi connectivity index (χ4v) is 2.79. The van der Waals surface area contributed by atoms with Crippen LogP contribution in [-0.2, 0) is 17.9 Å². The lowest BCUT2D eigenvalue weighted by Gasteiger charge is -2.26. The first-order valence-corrected chi connectivity index (χ1v) is 7.22. The maximum Gasteiger partial charge on any atom is 0.128 e. The standard InChI is InChI=1S/C16H24FNO/c1-12-4-3-5-15(8-12)19-11-14-9-13(10-18-2)6-7-16(14)17/h6-7,9,12,15,18H,3-5,8,10-11H2,1-2H3. The van der Waals surface area contributed by atoms with Crippen LogP contribution < -0.4 is 5.32 Å². The van der Waals surface area contributed by atoms with Gasteiger partial charge in [0.2, 0.25) is 0 Å². The van der Waals surface area contributed by atoms with Crippen molar-refractivity contribution in [2.75, 3.05) is 7.05 Å². The van der Waals surface area contributed by atoms with Gasteiger partial charge in [-0.15, -0.1) is 0 Å². The van der Waals surface area contributed by atoms with Crippen molar-refractivity contribution in [1.29, 1.82) is 0 Å². The van der Waals surface area contributed by atoms with Crippen LogP contribution in [0.4, 0.5) is 4.39 Å². The molecule has 0 amide bonds. The Balaban J connectivity index is 1.92. The van der Waals surface area contributed by atoms with Gasteiger partial charge in [0.05, 0.1) is 12.7 Å². The Labute approximate surface area is 115 Å². The van der Waals surface area contributed by atoms with E-state index < -0.39 is 0 Å². The van der Waals surface area contributed by atoms with Crippen molar-refractivity contribution >= 4 is 0 Å². The highest BCUT2D eigenvalue weighted by Crippen LogP contribution is 2.26. The van der Waals surface area contributed by atoms with Gasteiger partial charge in [0.1, 0.15) is 5.82 Å². The predicted octanol–water partition coefficient (Wildman–Crippen LogP) is 3.64. The van der Waals surface area contributed by atoms with Gasteiger partial charge in [0.25, 0.3) is 0 Å². The molecule has 3 heteroatoms. The number of hydrogen-bond donors (Lipinski definition) is 1. The number of ether oxygens (including phenoxy) is 1. The van der Waals surface area contributed by atoms with Gasteiger partial charge in [0.15, 0.2) is 0 Å². The molecular formula is C16H24FNO. The summed E-state index contributed by atoms with van der Waals surface area (Å²) >= 11 is 0. The Morgan fingerprint density at radius 3 is 2.95 bits per heavy atom. The molecular weight excluding hydrogens is 241 g/mol. The third kappa shape index (κ3) is 4.29. The van der Waals surface area contributed by atoms with Crippen LogP contribution in [-0.4, -0.2) is 13.2 Å². The fourth-order valence-electron chi connectivity index (χ4n) is 2.79. The van der Waals surface area contributed by atoms with Crippen molar-refractivity contribution in [1.82, 2.24) is 5.32 Å². The van der Waals surface area contributed by atoms with Gasteiger partial charge in [-0.25, -0.2) is 4.39 Å². The lowest BCUT2D eigenvalue weighted by Crippen LogP contribution is -2.21. The summed E-state index contributed by atoms with van der Waals surface area (Å²) in [5, 5.41) is 3.08. The Hall–Kier alpha value is -0.930. The van der Waals surface area contributed by atoms with Crippen molar-refractivity contribution in [2.45, 2.75) is 51.9 Å². The highest BCUT2D eigenvalue weighted by Gasteiger charge is 2.19. The van der Waals surface area contributed by atoms with Gasteiger partial charge in [-0.3, -0.25) is 0 Å². The van der Waals surface area contributed by atoms with Gasteiger partial charge >= 0.3 is 0 Å². The van der Waals surface area contributed by atoms with Gasteiger partial charge < -0.3 is 10.1 Å². The molecule has 2 rings (SSSR count). The molecule has 0 aromatic heterocycles. The van der Waals surface area contributed by atoms with Crippen LogP contribution >= 0.6 is 0 Å². The van der Waals surface area contributed by atoms with E-state index in [0.717, 1.165) is 30.9 Å². The van der Waals surface area contributed by atoms with Crippen molar-refractivity contribution in [3.8, 4) is 0 Å². The Bertz CT molecular complexity index is 408. The predicted molar refractivity (Wildman–Crippen MR) is 75.4 cm³/mol. The van der Waals surface area contributed by atoms with Gasteiger partial charge in [0, 0.05) is 12.1 Å². The van der Waals surface area contributed by atoms with Crippen molar-refractivity contribution in [3.05, 3.63) is 35.1 Å². The number of nitrogens with one attached hydrogen (secondary N) is 1. The first kappa shape index (κ1) is 14.5. The van der Waals surface area contributed by atoms with E-state index in [1.807, 2.05) is 19.2 Å². The summed E-state index contributed by atoms with van der Waals surface area (Å²) in [6, 6.07) is 5.25. The van der Waals surface area contributed by atoms with Crippen LogP contribution in [0.5, 0.6) is 0 Å². The average molecular weight is 265 g/mol. The van der Waals surface area contributed by atoms with Crippen LogP contribution in [0.25, 0.3) is 0 Å². The van der Waals surface area contributed by atoms with Crippen LogP contribution in [0, 0.1) is 11.7 Å². The Kier molecular flexibility index (Phi) is 5.34. The molecule has 0 heterocycles. The second-order valence-corrected chi connectivity index (χ2v) is 5.66. The van der Waals surface area contributed by atoms with Crippen molar-refractivity contribution < 1.29 is 9.13 Å². The second-order valence-electron chi connectivity index (χ2n) is 5.66. The zero-order valence-electron chi connectivity index (χ0n) is 11.9. The van der Waals surface area contributed by atoms with Gasteiger partial charge in [-0.05, 0) is 43.5 Å². The molecule has 1 saturated carbocycles.